The van der Waals surface area contributed by atoms with E-state index in [0.717, 1.165) is 34.4 Å². The van der Waals surface area contributed by atoms with E-state index >= 15 is 0 Å². The highest BCUT2D eigenvalue weighted by Crippen LogP contribution is 2.30. The van der Waals surface area contributed by atoms with Crippen molar-refractivity contribution in [3.05, 3.63) is 46.7 Å². The van der Waals surface area contributed by atoms with Crippen molar-refractivity contribution in [2.75, 3.05) is 6.54 Å². The fraction of sp³-hybridized carbons (Fsp3) is 0.278. The second-order valence-electron chi connectivity index (χ2n) is 6.33. The van der Waals surface area contributed by atoms with Gasteiger partial charge in [-0.25, -0.2) is 9.07 Å². The fourth-order valence-corrected chi connectivity index (χ4v) is 3.77. The first-order valence-electron chi connectivity index (χ1n) is 8.34. The summed E-state index contributed by atoms with van der Waals surface area (Å²) in [6.45, 7) is 1.83. The highest BCUT2D eigenvalue weighted by atomic mass is 32.1. The molecule has 0 radical (unpaired) electrons. The zero-order valence-electron chi connectivity index (χ0n) is 14.1. The largest absolute Gasteiger partial charge is 0.352 e. The minimum Gasteiger partial charge on any atom is -0.352 e. The summed E-state index contributed by atoms with van der Waals surface area (Å²) in [6.07, 6.45) is 2.02. The van der Waals surface area contributed by atoms with Gasteiger partial charge in [0.2, 0.25) is 5.91 Å². The normalized spacial score (nSPS) is 13.8. The summed E-state index contributed by atoms with van der Waals surface area (Å²) < 4.78 is 14.9. The maximum Gasteiger partial charge on any atom is 0.261 e. The number of aryl methyl sites for hydroxylation is 1. The SMILES string of the molecule is Cc1nn(-c2ccc(F)cc2)c2sc(C(=O)NCC(=O)NC3CC3)cc12. The summed E-state index contributed by atoms with van der Waals surface area (Å²) in [7, 11) is 0. The number of hydrogen-bond donors (Lipinski definition) is 2. The smallest absolute Gasteiger partial charge is 0.261 e. The molecule has 0 aliphatic heterocycles. The molecule has 0 unspecified atom stereocenters. The molecule has 2 amide bonds. The van der Waals surface area contributed by atoms with Crippen LogP contribution in [0.1, 0.15) is 28.2 Å². The quantitative estimate of drug-likeness (QED) is 0.723. The van der Waals surface area contributed by atoms with E-state index in [-0.39, 0.29) is 30.2 Å². The van der Waals surface area contributed by atoms with Crippen LogP contribution in [0.3, 0.4) is 0 Å². The van der Waals surface area contributed by atoms with Crippen molar-refractivity contribution in [1.29, 1.82) is 0 Å². The van der Waals surface area contributed by atoms with Crippen LogP contribution in [0.4, 0.5) is 4.39 Å². The molecule has 3 aromatic rings. The van der Waals surface area contributed by atoms with Crippen molar-refractivity contribution in [3.63, 3.8) is 0 Å². The van der Waals surface area contributed by atoms with Gasteiger partial charge in [0.1, 0.15) is 10.6 Å². The summed E-state index contributed by atoms with van der Waals surface area (Å²) in [6, 6.07) is 8.07. The number of nitrogens with one attached hydrogen (secondary N) is 2. The van der Waals surface area contributed by atoms with Crippen molar-refractivity contribution in [2.24, 2.45) is 0 Å². The summed E-state index contributed by atoms with van der Waals surface area (Å²) >= 11 is 1.29. The number of halogens is 1. The molecule has 26 heavy (non-hydrogen) atoms. The maximum absolute atomic E-state index is 13.2. The van der Waals surface area contributed by atoms with Crippen LogP contribution < -0.4 is 10.6 Å². The molecular formula is C18H17FN4O2S. The van der Waals surface area contributed by atoms with Gasteiger partial charge in [-0.15, -0.1) is 11.3 Å². The maximum atomic E-state index is 13.2. The van der Waals surface area contributed by atoms with Gasteiger partial charge in [0, 0.05) is 11.4 Å². The number of fused-ring (bicyclic) bond motifs is 1. The molecule has 2 aromatic heterocycles. The van der Waals surface area contributed by atoms with Crippen molar-refractivity contribution in [3.8, 4) is 5.69 Å². The summed E-state index contributed by atoms with van der Waals surface area (Å²) in [5.41, 5.74) is 1.51. The molecule has 1 fully saturated rings. The molecule has 0 saturated heterocycles. The van der Waals surface area contributed by atoms with Gasteiger partial charge < -0.3 is 10.6 Å². The summed E-state index contributed by atoms with van der Waals surface area (Å²) in [5, 5.41) is 10.8. The number of nitrogens with zero attached hydrogens (tertiary/aromatic N) is 2. The van der Waals surface area contributed by atoms with Crippen LogP contribution in [-0.2, 0) is 4.79 Å². The number of thiophene rings is 1. The van der Waals surface area contributed by atoms with E-state index in [1.165, 1.54) is 23.5 Å². The van der Waals surface area contributed by atoms with Gasteiger partial charge in [-0.1, -0.05) is 0 Å². The second kappa shape index (κ2) is 6.53. The van der Waals surface area contributed by atoms with Gasteiger partial charge in [0.15, 0.2) is 0 Å². The first-order valence-corrected chi connectivity index (χ1v) is 9.15. The van der Waals surface area contributed by atoms with Crippen LogP contribution in [0.25, 0.3) is 15.9 Å². The molecule has 0 bridgehead atoms. The zero-order chi connectivity index (χ0) is 18.3. The third-order valence-electron chi connectivity index (χ3n) is 4.19. The van der Waals surface area contributed by atoms with E-state index in [1.54, 1.807) is 22.9 Å². The molecular weight excluding hydrogens is 355 g/mol. The second-order valence-corrected chi connectivity index (χ2v) is 7.36. The lowest BCUT2D eigenvalue weighted by Gasteiger charge is -2.04. The van der Waals surface area contributed by atoms with Gasteiger partial charge in [0.25, 0.3) is 5.91 Å². The van der Waals surface area contributed by atoms with Gasteiger partial charge in [-0.3, -0.25) is 9.59 Å². The molecule has 0 spiro atoms. The van der Waals surface area contributed by atoms with Gasteiger partial charge in [-0.2, -0.15) is 5.10 Å². The number of benzene rings is 1. The number of carbonyl (C=O) groups excluding carboxylic acids is 2. The summed E-state index contributed by atoms with van der Waals surface area (Å²) in [4.78, 5) is 25.4. The van der Waals surface area contributed by atoms with Gasteiger partial charge in [0.05, 0.1) is 22.8 Å². The predicted octanol–water partition coefficient (Wildman–Crippen LogP) is 2.54. The van der Waals surface area contributed by atoms with Crippen molar-refractivity contribution in [1.82, 2.24) is 20.4 Å². The Labute approximate surface area is 153 Å². The van der Waals surface area contributed by atoms with E-state index in [9.17, 15) is 14.0 Å². The van der Waals surface area contributed by atoms with E-state index in [0.29, 0.717) is 4.88 Å². The predicted molar refractivity (Wildman–Crippen MR) is 97.1 cm³/mol. The van der Waals surface area contributed by atoms with Gasteiger partial charge >= 0.3 is 0 Å². The van der Waals surface area contributed by atoms with Crippen LogP contribution in [0, 0.1) is 12.7 Å². The number of rotatable bonds is 5. The van der Waals surface area contributed by atoms with E-state index in [1.807, 2.05) is 6.92 Å². The molecule has 134 valence electrons. The fourth-order valence-electron chi connectivity index (χ4n) is 2.67. The topological polar surface area (TPSA) is 76.0 Å². The minimum atomic E-state index is -0.315. The molecule has 1 saturated carbocycles. The molecule has 0 atom stereocenters. The molecule has 1 aliphatic rings. The number of hydrogen-bond acceptors (Lipinski definition) is 4. The zero-order valence-corrected chi connectivity index (χ0v) is 14.9. The molecule has 8 heteroatoms. The average Bonchev–Trinajstić information content (AvgIpc) is 3.23. The standard InChI is InChI=1S/C18H17FN4O2S/c1-10-14-8-15(17(25)20-9-16(24)21-12-4-5-12)26-18(14)23(22-10)13-6-2-11(19)3-7-13/h2-3,6-8,12H,4-5,9H2,1H3,(H,20,25)(H,21,24). The lowest BCUT2D eigenvalue weighted by Crippen LogP contribution is -2.37. The third-order valence-corrected chi connectivity index (χ3v) is 5.30. The van der Waals surface area contributed by atoms with Crippen LogP contribution in [0.2, 0.25) is 0 Å². The molecule has 6 nitrogen and oxygen atoms in total. The Morgan fingerprint density at radius 2 is 2.04 bits per heavy atom. The van der Waals surface area contributed by atoms with Crippen LogP contribution in [0.15, 0.2) is 30.3 Å². The minimum absolute atomic E-state index is 0.0351. The van der Waals surface area contributed by atoms with E-state index in [4.69, 9.17) is 0 Å². The number of amides is 2. The van der Waals surface area contributed by atoms with Crippen molar-refractivity contribution < 1.29 is 14.0 Å². The van der Waals surface area contributed by atoms with Crippen molar-refractivity contribution in [2.45, 2.75) is 25.8 Å². The van der Waals surface area contributed by atoms with Crippen LogP contribution in [0.5, 0.6) is 0 Å². The molecule has 2 N–H and O–H groups in total. The average molecular weight is 372 g/mol. The number of aromatic nitrogens is 2. The van der Waals surface area contributed by atoms with E-state index in [2.05, 4.69) is 15.7 Å². The summed E-state index contributed by atoms with van der Waals surface area (Å²) in [5.74, 6) is -0.776. The molecule has 1 aromatic carbocycles. The Morgan fingerprint density at radius 3 is 2.73 bits per heavy atom. The molecule has 2 heterocycles. The van der Waals surface area contributed by atoms with Gasteiger partial charge in [-0.05, 0) is 50.1 Å². The third kappa shape index (κ3) is 3.32. The first kappa shape index (κ1) is 16.7. The Kier molecular flexibility index (Phi) is 4.20. The highest BCUT2D eigenvalue weighted by Gasteiger charge is 2.23. The van der Waals surface area contributed by atoms with E-state index < -0.39 is 0 Å². The Hall–Kier alpha value is -2.74. The Bertz CT molecular complexity index is 989. The highest BCUT2D eigenvalue weighted by molar-refractivity contribution is 7.20. The Balaban J connectivity index is 1.55. The lowest BCUT2D eigenvalue weighted by atomic mass is 10.3. The molecule has 1 aliphatic carbocycles. The number of carbonyl (C=O) groups is 2. The van der Waals surface area contributed by atoms with Crippen LogP contribution >= 0.6 is 11.3 Å². The molecule has 4 rings (SSSR count). The van der Waals surface area contributed by atoms with Crippen molar-refractivity contribution >= 4 is 33.4 Å². The monoisotopic (exact) mass is 372 g/mol. The first-order chi connectivity index (χ1) is 12.5. The lowest BCUT2D eigenvalue weighted by molar-refractivity contribution is -0.120. The Morgan fingerprint density at radius 1 is 1.31 bits per heavy atom. The van der Waals surface area contributed by atoms with Crippen LogP contribution in [-0.4, -0.2) is 34.2 Å².